The average Bonchev–Trinajstić information content (AvgIpc) is 2.42. The summed E-state index contributed by atoms with van der Waals surface area (Å²) in [4.78, 5) is 38.9. The molecule has 0 aromatic carbocycles. The number of hydrogen-bond acceptors (Lipinski definition) is 4. The van der Waals surface area contributed by atoms with Gasteiger partial charge in [0.25, 0.3) is 5.91 Å². The Labute approximate surface area is 117 Å². The van der Waals surface area contributed by atoms with Crippen molar-refractivity contribution in [2.45, 2.75) is 19.9 Å². The van der Waals surface area contributed by atoms with Crippen molar-refractivity contribution in [1.29, 1.82) is 0 Å². The second-order valence-electron chi connectivity index (χ2n) is 4.26. The number of hydrogen-bond donors (Lipinski definition) is 1. The highest BCUT2D eigenvalue weighted by molar-refractivity contribution is 6.03. The Morgan fingerprint density at radius 2 is 2.20 bits per heavy atom. The van der Waals surface area contributed by atoms with Crippen LogP contribution < -0.4 is 5.32 Å². The van der Waals surface area contributed by atoms with Gasteiger partial charge in [0.05, 0.1) is 12.2 Å². The summed E-state index contributed by atoms with van der Waals surface area (Å²) in [6.07, 6.45) is 5.80. The lowest BCUT2D eigenvalue weighted by molar-refractivity contribution is -0.122. The lowest BCUT2D eigenvalue weighted by Gasteiger charge is -2.18. The minimum Gasteiger partial charge on any atom is -0.335 e. The second kappa shape index (κ2) is 7.83. The highest BCUT2D eigenvalue weighted by Crippen LogP contribution is 1.99. The van der Waals surface area contributed by atoms with Crippen molar-refractivity contribution in [3.8, 4) is 0 Å². The number of rotatable bonds is 5. The number of urea groups is 1. The first kappa shape index (κ1) is 15.6. The van der Waals surface area contributed by atoms with Gasteiger partial charge in [-0.1, -0.05) is 6.07 Å². The van der Waals surface area contributed by atoms with Gasteiger partial charge in [0.2, 0.25) is 6.29 Å². The Morgan fingerprint density at radius 1 is 1.45 bits per heavy atom. The van der Waals surface area contributed by atoms with E-state index in [1.165, 1.54) is 12.2 Å². The van der Waals surface area contributed by atoms with E-state index in [4.69, 9.17) is 0 Å². The monoisotopic (exact) mass is 274 g/mol. The first-order valence-corrected chi connectivity index (χ1v) is 6.10. The molecular formula is C14H16N3O3. The van der Waals surface area contributed by atoms with E-state index in [-0.39, 0.29) is 6.04 Å². The van der Waals surface area contributed by atoms with Gasteiger partial charge in [0.1, 0.15) is 0 Å². The van der Waals surface area contributed by atoms with Gasteiger partial charge in [-0.15, -0.1) is 0 Å². The summed E-state index contributed by atoms with van der Waals surface area (Å²) in [7, 11) is 0. The molecule has 0 unspecified atom stereocenters. The molecule has 1 aromatic rings. The van der Waals surface area contributed by atoms with Crippen molar-refractivity contribution in [1.82, 2.24) is 15.2 Å². The Kier molecular flexibility index (Phi) is 6.09. The van der Waals surface area contributed by atoms with Gasteiger partial charge in [-0.25, -0.2) is 4.79 Å². The first-order valence-electron chi connectivity index (χ1n) is 6.10. The molecule has 0 saturated heterocycles. The number of imide groups is 1. The van der Waals surface area contributed by atoms with E-state index >= 15 is 0 Å². The highest BCUT2D eigenvalue weighted by atomic mass is 16.2. The predicted octanol–water partition coefficient (Wildman–Crippen LogP) is 1.15. The van der Waals surface area contributed by atoms with Gasteiger partial charge in [-0.3, -0.25) is 19.5 Å². The zero-order valence-corrected chi connectivity index (χ0v) is 11.4. The molecule has 3 amide bonds. The van der Waals surface area contributed by atoms with E-state index < -0.39 is 18.5 Å². The van der Waals surface area contributed by atoms with E-state index in [9.17, 15) is 14.4 Å². The molecule has 0 aliphatic rings. The molecule has 0 aliphatic heterocycles. The number of nitrogens with zero attached hydrogens (tertiary/aromatic N) is 2. The summed E-state index contributed by atoms with van der Waals surface area (Å²) in [6, 6.07) is 4.49. The van der Waals surface area contributed by atoms with Crippen molar-refractivity contribution in [3.05, 3.63) is 36.2 Å². The van der Waals surface area contributed by atoms with Crippen LogP contribution in [0, 0.1) is 0 Å². The van der Waals surface area contributed by atoms with Crippen LogP contribution in [0.4, 0.5) is 4.79 Å². The average molecular weight is 274 g/mol. The van der Waals surface area contributed by atoms with Gasteiger partial charge in [0.15, 0.2) is 0 Å². The molecule has 20 heavy (non-hydrogen) atoms. The second-order valence-corrected chi connectivity index (χ2v) is 4.26. The number of carbonyl (C=O) groups excluding carboxylic acids is 3. The molecule has 1 radical (unpaired) electrons. The summed E-state index contributed by atoms with van der Waals surface area (Å²) in [6.45, 7) is 3.10. The fraction of sp³-hybridized carbons (Fsp3) is 0.286. The quantitative estimate of drug-likeness (QED) is 0.817. The van der Waals surface area contributed by atoms with Crippen LogP contribution in [0.15, 0.2) is 30.5 Å². The third kappa shape index (κ3) is 5.01. The van der Waals surface area contributed by atoms with Gasteiger partial charge in [-0.2, -0.15) is 0 Å². The Morgan fingerprint density at radius 3 is 2.75 bits per heavy atom. The molecule has 6 heteroatoms. The van der Waals surface area contributed by atoms with Crippen LogP contribution in [0.1, 0.15) is 19.5 Å². The van der Waals surface area contributed by atoms with Gasteiger partial charge in [-0.05, 0) is 32.1 Å². The van der Waals surface area contributed by atoms with Gasteiger partial charge >= 0.3 is 6.03 Å². The van der Waals surface area contributed by atoms with E-state index in [0.717, 1.165) is 4.90 Å². The lowest BCUT2D eigenvalue weighted by Crippen LogP contribution is -2.46. The van der Waals surface area contributed by atoms with E-state index in [1.54, 1.807) is 44.5 Å². The van der Waals surface area contributed by atoms with Crippen LogP contribution in [0.5, 0.6) is 0 Å². The number of pyridine rings is 1. The highest BCUT2D eigenvalue weighted by Gasteiger charge is 2.19. The zero-order valence-electron chi connectivity index (χ0n) is 11.4. The largest absolute Gasteiger partial charge is 0.335 e. The summed E-state index contributed by atoms with van der Waals surface area (Å²) in [5, 5.41) is 2.54. The molecule has 0 saturated carbocycles. The standard InChI is InChI=1S/C14H16N3O3/c1-11(2)16-14(20)17(9-10-18)13(19)7-6-12-5-3-4-8-15-12/h3-8,11H,9H2,1-2H3,(H,16,20). The maximum atomic E-state index is 11.9. The van der Waals surface area contributed by atoms with Crippen LogP contribution in [0.2, 0.25) is 0 Å². The molecule has 105 valence electrons. The molecule has 0 atom stereocenters. The predicted molar refractivity (Wildman–Crippen MR) is 74.3 cm³/mol. The molecule has 0 fully saturated rings. The molecule has 1 N–H and O–H groups in total. The Bertz CT molecular complexity index is 498. The number of aromatic nitrogens is 1. The van der Waals surface area contributed by atoms with E-state index in [0.29, 0.717) is 5.69 Å². The van der Waals surface area contributed by atoms with Gasteiger partial charge < -0.3 is 5.32 Å². The topological polar surface area (TPSA) is 79.4 Å². The van der Waals surface area contributed by atoms with Crippen LogP contribution in [0.25, 0.3) is 6.08 Å². The summed E-state index contributed by atoms with van der Waals surface area (Å²) in [5.41, 5.74) is 0.583. The summed E-state index contributed by atoms with van der Waals surface area (Å²) in [5.74, 6) is -0.600. The molecule has 0 aliphatic carbocycles. The van der Waals surface area contributed by atoms with Crippen molar-refractivity contribution in [3.63, 3.8) is 0 Å². The molecule has 1 heterocycles. The fourth-order valence-corrected chi connectivity index (χ4v) is 1.36. The Hall–Kier alpha value is -2.50. The van der Waals surface area contributed by atoms with Crippen LogP contribution >= 0.6 is 0 Å². The minimum atomic E-state index is -0.626. The number of nitrogens with one attached hydrogen (secondary N) is 1. The zero-order chi connectivity index (χ0) is 15.0. The molecule has 1 rings (SSSR count). The van der Waals surface area contributed by atoms with Crippen LogP contribution in [-0.2, 0) is 9.59 Å². The first-order chi connectivity index (χ1) is 9.54. The SMILES string of the molecule is CC(C)NC(=O)N(C[C]=O)C(=O)C=Cc1ccccn1. The summed E-state index contributed by atoms with van der Waals surface area (Å²) < 4.78 is 0. The molecular weight excluding hydrogens is 258 g/mol. The Balaban J connectivity index is 2.76. The minimum absolute atomic E-state index is 0.135. The molecule has 1 aromatic heterocycles. The van der Waals surface area contributed by atoms with E-state index in [1.807, 2.05) is 0 Å². The normalized spacial score (nSPS) is 10.6. The lowest BCUT2D eigenvalue weighted by atomic mass is 10.3. The maximum absolute atomic E-state index is 11.9. The smallest absolute Gasteiger partial charge is 0.324 e. The van der Waals surface area contributed by atoms with E-state index in [2.05, 4.69) is 10.3 Å². The number of amides is 3. The van der Waals surface area contributed by atoms with Gasteiger partial charge in [0, 0.05) is 18.3 Å². The van der Waals surface area contributed by atoms with Crippen molar-refractivity contribution in [2.75, 3.05) is 6.54 Å². The van der Waals surface area contributed by atoms with Crippen LogP contribution in [0.3, 0.4) is 0 Å². The van der Waals surface area contributed by atoms with Crippen LogP contribution in [-0.4, -0.2) is 40.7 Å². The third-order valence-corrected chi connectivity index (χ3v) is 2.23. The van der Waals surface area contributed by atoms with Crippen molar-refractivity contribution >= 4 is 24.3 Å². The maximum Gasteiger partial charge on any atom is 0.324 e. The molecule has 0 spiro atoms. The van der Waals surface area contributed by atoms with Crippen molar-refractivity contribution < 1.29 is 14.4 Å². The number of carbonyl (C=O) groups is 2. The third-order valence-electron chi connectivity index (χ3n) is 2.23. The fourth-order valence-electron chi connectivity index (χ4n) is 1.36. The van der Waals surface area contributed by atoms with Crippen molar-refractivity contribution in [2.24, 2.45) is 0 Å². The molecule has 0 bridgehead atoms. The molecule has 6 nitrogen and oxygen atoms in total. The summed E-state index contributed by atoms with van der Waals surface area (Å²) >= 11 is 0.